The Bertz CT molecular complexity index is 351. The summed E-state index contributed by atoms with van der Waals surface area (Å²) in [6.07, 6.45) is 8.30. The molecule has 65 valence electrons. The maximum Gasteiger partial charge on any atom is 0.0355 e. The smallest absolute Gasteiger partial charge is 0.0355 e. The Balaban J connectivity index is 3.37. The molecule has 13 heavy (non-hydrogen) atoms. The van der Waals surface area contributed by atoms with E-state index >= 15 is 0 Å². The summed E-state index contributed by atoms with van der Waals surface area (Å²) in [5.41, 5.74) is 3.04. The fourth-order valence-electron chi connectivity index (χ4n) is 1.36. The minimum atomic E-state index is 0.444. The molecule has 0 bridgehead atoms. The molecular formula is C13H13. The Morgan fingerprint density at radius 2 is 2.08 bits per heavy atom. The first-order valence-electron chi connectivity index (χ1n) is 4.33. The summed E-state index contributed by atoms with van der Waals surface area (Å²) in [5, 5.41) is 0. The third kappa shape index (κ3) is 1.81. The van der Waals surface area contributed by atoms with Gasteiger partial charge in [-0.3, -0.25) is 0 Å². The lowest BCUT2D eigenvalue weighted by atomic mass is 9.94. The zero-order chi connectivity index (χ0) is 9.84. The highest BCUT2D eigenvalue weighted by Gasteiger charge is 2.06. The SMILES string of the molecule is C#Cc1c([C]=C)cccc1C(C)C. The van der Waals surface area contributed by atoms with E-state index in [2.05, 4.69) is 38.5 Å². The number of terminal acetylenes is 1. The van der Waals surface area contributed by atoms with Crippen LogP contribution in [0.4, 0.5) is 0 Å². The molecule has 0 aliphatic rings. The van der Waals surface area contributed by atoms with Crippen molar-refractivity contribution >= 4 is 0 Å². The van der Waals surface area contributed by atoms with Gasteiger partial charge in [-0.1, -0.05) is 44.5 Å². The summed E-state index contributed by atoms with van der Waals surface area (Å²) < 4.78 is 0. The van der Waals surface area contributed by atoms with Gasteiger partial charge < -0.3 is 0 Å². The van der Waals surface area contributed by atoms with E-state index in [0.29, 0.717) is 5.92 Å². The van der Waals surface area contributed by atoms with Crippen LogP contribution in [-0.4, -0.2) is 0 Å². The molecule has 0 spiro atoms. The molecule has 1 aromatic carbocycles. The molecule has 1 aromatic rings. The summed E-state index contributed by atoms with van der Waals surface area (Å²) in [5.74, 6) is 3.14. The average molecular weight is 169 g/mol. The molecule has 0 amide bonds. The van der Waals surface area contributed by atoms with Crippen LogP contribution in [0.15, 0.2) is 24.8 Å². The molecule has 0 unspecified atom stereocenters. The molecular weight excluding hydrogens is 156 g/mol. The zero-order valence-electron chi connectivity index (χ0n) is 8.09. The lowest BCUT2D eigenvalue weighted by Gasteiger charge is -2.10. The van der Waals surface area contributed by atoms with Crippen molar-refractivity contribution in [1.82, 2.24) is 0 Å². The molecule has 0 atom stereocenters. The second-order valence-corrected chi connectivity index (χ2v) is 3.25. The van der Waals surface area contributed by atoms with Crippen molar-refractivity contribution < 1.29 is 0 Å². The van der Waals surface area contributed by atoms with Gasteiger partial charge in [-0.05, 0) is 23.1 Å². The van der Waals surface area contributed by atoms with Crippen LogP contribution >= 0.6 is 0 Å². The zero-order valence-corrected chi connectivity index (χ0v) is 8.09. The van der Waals surface area contributed by atoms with Crippen molar-refractivity contribution in [2.24, 2.45) is 0 Å². The maximum absolute atomic E-state index is 5.45. The maximum atomic E-state index is 5.45. The van der Waals surface area contributed by atoms with Gasteiger partial charge in [0.2, 0.25) is 0 Å². The lowest BCUT2D eigenvalue weighted by Crippen LogP contribution is -1.95. The highest BCUT2D eigenvalue weighted by Crippen LogP contribution is 2.21. The summed E-state index contributed by atoms with van der Waals surface area (Å²) in [6, 6.07) is 5.98. The van der Waals surface area contributed by atoms with Crippen molar-refractivity contribution in [2.45, 2.75) is 19.8 Å². The van der Waals surface area contributed by atoms with Gasteiger partial charge in [-0.2, -0.15) is 0 Å². The van der Waals surface area contributed by atoms with Gasteiger partial charge in [0.15, 0.2) is 0 Å². The molecule has 0 heterocycles. The van der Waals surface area contributed by atoms with E-state index in [1.54, 1.807) is 0 Å². The van der Waals surface area contributed by atoms with Gasteiger partial charge in [0, 0.05) is 5.56 Å². The third-order valence-corrected chi connectivity index (χ3v) is 2.05. The molecule has 0 nitrogen and oxygen atoms in total. The fraction of sp³-hybridized carbons (Fsp3) is 0.231. The second-order valence-electron chi connectivity index (χ2n) is 3.25. The van der Waals surface area contributed by atoms with Crippen LogP contribution in [0.25, 0.3) is 0 Å². The molecule has 1 rings (SSSR count). The third-order valence-electron chi connectivity index (χ3n) is 2.05. The van der Waals surface area contributed by atoms with Crippen LogP contribution in [0, 0.1) is 18.4 Å². The number of hydrogen-bond acceptors (Lipinski definition) is 0. The van der Waals surface area contributed by atoms with Gasteiger partial charge in [0.1, 0.15) is 0 Å². The molecule has 1 radical (unpaired) electrons. The first-order chi connectivity index (χ1) is 6.20. The monoisotopic (exact) mass is 169 g/mol. The quantitative estimate of drug-likeness (QED) is 0.597. The Kier molecular flexibility index (Phi) is 2.93. The van der Waals surface area contributed by atoms with E-state index in [4.69, 9.17) is 6.42 Å². The van der Waals surface area contributed by atoms with Crippen LogP contribution in [-0.2, 0) is 0 Å². The molecule has 0 aliphatic heterocycles. The topological polar surface area (TPSA) is 0 Å². The van der Waals surface area contributed by atoms with Crippen molar-refractivity contribution in [3.8, 4) is 12.3 Å². The summed E-state index contributed by atoms with van der Waals surface area (Å²) in [4.78, 5) is 0. The van der Waals surface area contributed by atoms with Crippen molar-refractivity contribution in [2.75, 3.05) is 0 Å². The Hall–Kier alpha value is -1.48. The van der Waals surface area contributed by atoms with E-state index < -0.39 is 0 Å². The summed E-state index contributed by atoms with van der Waals surface area (Å²) in [6.45, 7) is 7.88. The molecule has 0 N–H and O–H groups in total. The molecule has 0 fully saturated rings. The van der Waals surface area contributed by atoms with Gasteiger partial charge in [-0.15, -0.1) is 6.42 Å². The van der Waals surface area contributed by atoms with Gasteiger partial charge in [0.25, 0.3) is 0 Å². The van der Waals surface area contributed by atoms with E-state index in [-0.39, 0.29) is 0 Å². The molecule has 0 saturated heterocycles. The normalized spacial score (nSPS) is 9.69. The van der Waals surface area contributed by atoms with Crippen LogP contribution < -0.4 is 0 Å². The van der Waals surface area contributed by atoms with Gasteiger partial charge in [-0.25, -0.2) is 0 Å². The van der Waals surface area contributed by atoms with E-state index in [1.807, 2.05) is 12.1 Å². The Morgan fingerprint density at radius 1 is 1.38 bits per heavy atom. The second kappa shape index (κ2) is 3.96. The van der Waals surface area contributed by atoms with Crippen molar-refractivity contribution in [3.05, 3.63) is 47.5 Å². The van der Waals surface area contributed by atoms with E-state index in [1.165, 1.54) is 5.56 Å². The van der Waals surface area contributed by atoms with E-state index in [9.17, 15) is 0 Å². The minimum Gasteiger partial charge on any atom is -0.115 e. The first-order valence-corrected chi connectivity index (χ1v) is 4.33. The Labute approximate surface area is 80.3 Å². The standard InChI is InChI=1S/C13H13/c1-5-11-8-7-9-13(10(3)4)12(11)6-2/h2,7-10H,1H2,3-4H3. The largest absolute Gasteiger partial charge is 0.115 e. The first kappa shape index (κ1) is 9.61. The van der Waals surface area contributed by atoms with Crippen LogP contribution in [0.3, 0.4) is 0 Å². The number of hydrogen-bond donors (Lipinski definition) is 0. The van der Waals surface area contributed by atoms with E-state index in [0.717, 1.165) is 11.1 Å². The van der Waals surface area contributed by atoms with Crippen molar-refractivity contribution in [3.63, 3.8) is 0 Å². The fourth-order valence-corrected chi connectivity index (χ4v) is 1.36. The predicted octanol–water partition coefficient (Wildman–Crippen LogP) is 3.13. The average Bonchev–Trinajstić information content (AvgIpc) is 2.16. The molecule has 0 saturated carbocycles. The molecule has 0 heteroatoms. The summed E-state index contributed by atoms with van der Waals surface area (Å²) in [7, 11) is 0. The van der Waals surface area contributed by atoms with Crippen LogP contribution in [0.5, 0.6) is 0 Å². The highest BCUT2D eigenvalue weighted by atomic mass is 14.1. The lowest BCUT2D eigenvalue weighted by molar-refractivity contribution is 0.862. The van der Waals surface area contributed by atoms with Crippen molar-refractivity contribution in [1.29, 1.82) is 0 Å². The molecule has 0 aliphatic carbocycles. The van der Waals surface area contributed by atoms with Crippen LogP contribution in [0.1, 0.15) is 36.5 Å². The van der Waals surface area contributed by atoms with Crippen LogP contribution in [0.2, 0.25) is 0 Å². The Morgan fingerprint density at radius 3 is 2.54 bits per heavy atom. The summed E-state index contributed by atoms with van der Waals surface area (Å²) >= 11 is 0. The minimum absolute atomic E-state index is 0.444. The van der Waals surface area contributed by atoms with Gasteiger partial charge >= 0.3 is 0 Å². The predicted molar refractivity (Wildman–Crippen MR) is 56.4 cm³/mol. The highest BCUT2D eigenvalue weighted by molar-refractivity contribution is 5.49. The number of benzene rings is 1. The number of rotatable bonds is 2. The van der Waals surface area contributed by atoms with Gasteiger partial charge in [0.05, 0.1) is 0 Å². The molecule has 0 aromatic heterocycles.